The molecule has 7 nitrogen and oxygen atoms in total. The first-order valence-electron chi connectivity index (χ1n) is 9.86. The summed E-state index contributed by atoms with van der Waals surface area (Å²) in [6.07, 6.45) is 1.58. The molecule has 1 amide bonds. The van der Waals surface area contributed by atoms with Crippen LogP contribution in [0.5, 0.6) is 11.8 Å². The smallest absolute Gasteiger partial charge is 0.331 e. The summed E-state index contributed by atoms with van der Waals surface area (Å²) in [4.78, 5) is 34.4. The molecule has 0 aliphatic carbocycles. The zero-order chi connectivity index (χ0) is 23.0. The van der Waals surface area contributed by atoms with Crippen LogP contribution in [0.15, 0.2) is 67.3 Å². The number of benzene rings is 1. The molecule has 1 unspecified atom stereocenters. The number of hydrogen-bond acceptors (Lipinski definition) is 5. The summed E-state index contributed by atoms with van der Waals surface area (Å²) in [5, 5.41) is 9.60. The summed E-state index contributed by atoms with van der Waals surface area (Å²) in [6, 6.07) is 14.2. The lowest BCUT2D eigenvalue weighted by Crippen LogP contribution is -2.21. The minimum Gasteiger partial charge on any atom is -0.478 e. The van der Waals surface area contributed by atoms with Crippen LogP contribution in [0, 0.1) is 0 Å². The molecule has 4 rings (SSSR count). The van der Waals surface area contributed by atoms with E-state index in [0.717, 1.165) is 5.56 Å². The van der Waals surface area contributed by atoms with Crippen LogP contribution in [-0.2, 0) is 4.79 Å². The molecule has 0 bridgehead atoms. The molecule has 1 aromatic carbocycles. The van der Waals surface area contributed by atoms with Crippen molar-refractivity contribution in [1.82, 2.24) is 14.9 Å². The highest BCUT2D eigenvalue weighted by Crippen LogP contribution is 2.46. The summed E-state index contributed by atoms with van der Waals surface area (Å²) >= 11 is 0. The van der Waals surface area contributed by atoms with Crippen molar-refractivity contribution in [3.05, 3.63) is 89.6 Å². The lowest BCUT2D eigenvalue weighted by Gasteiger charge is -2.27. The molecule has 3 aromatic rings. The molecule has 0 saturated carbocycles. The molecule has 3 heterocycles. The Morgan fingerprint density at radius 3 is 2.22 bits per heavy atom. The predicted octanol–water partition coefficient (Wildman–Crippen LogP) is 4.37. The number of rotatable bonds is 5. The maximum Gasteiger partial charge on any atom is 0.331 e. The van der Waals surface area contributed by atoms with Crippen molar-refractivity contribution in [2.45, 2.75) is 5.92 Å². The number of amides is 1. The predicted molar refractivity (Wildman–Crippen MR) is 121 cm³/mol. The third-order valence-electron chi connectivity index (χ3n) is 5.28. The second kappa shape index (κ2) is 8.11. The number of nitrogens with zero attached hydrogens (tertiary/aromatic N) is 3. The van der Waals surface area contributed by atoms with Crippen molar-refractivity contribution in [3.8, 4) is 23.0 Å². The SMILES string of the molecule is C=Cc1ccc2c(n1)Oc1nc(-c3ccc(C(=O)N(C)C)cc3)ccc1C2C(=C)C(=O)O. The highest BCUT2D eigenvalue weighted by atomic mass is 16.5. The summed E-state index contributed by atoms with van der Waals surface area (Å²) in [6.45, 7) is 7.49. The molecule has 0 fully saturated rings. The molecule has 1 atom stereocenters. The van der Waals surface area contributed by atoms with Crippen LogP contribution < -0.4 is 4.74 Å². The van der Waals surface area contributed by atoms with Gasteiger partial charge in [0, 0.05) is 41.9 Å². The lowest BCUT2D eigenvalue weighted by atomic mass is 9.84. The quantitative estimate of drug-likeness (QED) is 0.608. The van der Waals surface area contributed by atoms with E-state index in [4.69, 9.17) is 4.74 Å². The Morgan fingerprint density at radius 1 is 1.00 bits per heavy atom. The topological polar surface area (TPSA) is 92.6 Å². The third-order valence-corrected chi connectivity index (χ3v) is 5.28. The summed E-state index contributed by atoms with van der Waals surface area (Å²) in [7, 11) is 3.40. The molecule has 1 aliphatic heterocycles. The molecule has 32 heavy (non-hydrogen) atoms. The molecule has 2 aromatic heterocycles. The second-order valence-corrected chi connectivity index (χ2v) is 7.57. The largest absolute Gasteiger partial charge is 0.478 e. The van der Waals surface area contributed by atoms with E-state index in [2.05, 4.69) is 23.1 Å². The van der Waals surface area contributed by atoms with Gasteiger partial charge >= 0.3 is 5.97 Å². The average molecular weight is 427 g/mol. The first kappa shape index (κ1) is 21.0. The van der Waals surface area contributed by atoms with Crippen molar-refractivity contribution < 1.29 is 19.4 Å². The van der Waals surface area contributed by atoms with E-state index in [1.165, 1.54) is 4.90 Å². The highest BCUT2D eigenvalue weighted by Gasteiger charge is 2.34. The van der Waals surface area contributed by atoms with E-state index in [-0.39, 0.29) is 23.2 Å². The van der Waals surface area contributed by atoms with E-state index in [1.807, 2.05) is 12.1 Å². The molecular weight excluding hydrogens is 406 g/mol. The van der Waals surface area contributed by atoms with Crippen LogP contribution >= 0.6 is 0 Å². The number of aliphatic carboxylic acids is 1. The monoisotopic (exact) mass is 427 g/mol. The van der Waals surface area contributed by atoms with Crippen LogP contribution in [-0.4, -0.2) is 45.9 Å². The highest BCUT2D eigenvalue weighted by molar-refractivity contribution is 5.94. The van der Waals surface area contributed by atoms with E-state index < -0.39 is 11.9 Å². The molecular formula is C25H21N3O4. The number of carbonyl (C=O) groups is 2. The van der Waals surface area contributed by atoms with E-state index in [1.54, 1.807) is 56.6 Å². The molecule has 7 heteroatoms. The maximum atomic E-state index is 12.1. The summed E-state index contributed by atoms with van der Waals surface area (Å²) in [5.41, 5.74) is 3.79. The fourth-order valence-electron chi connectivity index (χ4n) is 3.59. The van der Waals surface area contributed by atoms with Gasteiger partial charge in [0.15, 0.2) is 0 Å². The molecule has 160 valence electrons. The molecule has 1 aliphatic rings. The van der Waals surface area contributed by atoms with Gasteiger partial charge in [-0.2, -0.15) is 0 Å². The van der Waals surface area contributed by atoms with Gasteiger partial charge in [-0.25, -0.2) is 14.8 Å². The second-order valence-electron chi connectivity index (χ2n) is 7.57. The van der Waals surface area contributed by atoms with Crippen LogP contribution in [0.1, 0.15) is 33.1 Å². The number of ether oxygens (including phenoxy) is 1. The van der Waals surface area contributed by atoms with Crippen molar-refractivity contribution in [3.63, 3.8) is 0 Å². The van der Waals surface area contributed by atoms with Gasteiger partial charge in [-0.05, 0) is 30.3 Å². The Balaban J connectivity index is 1.77. The average Bonchev–Trinajstić information content (AvgIpc) is 2.80. The Bertz CT molecular complexity index is 1260. The van der Waals surface area contributed by atoms with Crippen molar-refractivity contribution in [1.29, 1.82) is 0 Å². The van der Waals surface area contributed by atoms with Crippen molar-refractivity contribution in [2.24, 2.45) is 0 Å². The van der Waals surface area contributed by atoms with Crippen LogP contribution in [0.2, 0.25) is 0 Å². The van der Waals surface area contributed by atoms with E-state index in [9.17, 15) is 14.7 Å². The summed E-state index contributed by atoms with van der Waals surface area (Å²) < 4.78 is 5.97. The lowest BCUT2D eigenvalue weighted by molar-refractivity contribution is -0.132. The van der Waals surface area contributed by atoms with E-state index in [0.29, 0.717) is 28.1 Å². The van der Waals surface area contributed by atoms with Crippen molar-refractivity contribution >= 4 is 18.0 Å². The number of carbonyl (C=O) groups excluding carboxylic acids is 1. The minimum atomic E-state index is -1.10. The van der Waals surface area contributed by atoms with Crippen LogP contribution in [0.3, 0.4) is 0 Å². The van der Waals surface area contributed by atoms with Gasteiger partial charge in [0.25, 0.3) is 5.91 Å². The fraction of sp³-hybridized carbons (Fsp3) is 0.120. The van der Waals surface area contributed by atoms with Gasteiger partial charge in [-0.1, -0.05) is 37.4 Å². The standard InChI is InChI=1S/C25H21N3O4/c1-5-17-10-11-18-21(14(2)25(30)31)19-12-13-20(27-23(19)32-22(18)26-17)15-6-8-16(9-7-15)24(29)28(3)4/h5-13,21H,1-2H2,3-4H3,(H,30,31). The zero-order valence-corrected chi connectivity index (χ0v) is 17.7. The first-order chi connectivity index (χ1) is 15.3. The normalized spacial score (nSPS) is 13.9. The van der Waals surface area contributed by atoms with Gasteiger partial charge in [0.05, 0.1) is 17.3 Å². The summed E-state index contributed by atoms with van der Waals surface area (Å²) in [5.74, 6) is -1.29. The van der Waals surface area contributed by atoms with Gasteiger partial charge in [-0.15, -0.1) is 0 Å². The zero-order valence-electron chi connectivity index (χ0n) is 17.7. The number of aromatic nitrogens is 2. The van der Waals surface area contributed by atoms with Gasteiger partial charge < -0.3 is 14.7 Å². The number of hydrogen-bond donors (Lipinski definition) is 1. The molecule has 1 N–H and O–H groups in total. The number of pyridine rings is 2. The Kier molecular flexibility index (Phi) is 5.32. The third kappa shape index (κ3) is 3.65. The molecule has 0 saturated heterocycles. The maximum absolute atomic E-state index is 12.1. The first-order valence-corrected chi connectivity index (χ1v) is 9.86. The minimum absolute atomic E-state index is 0.00468. The molecule has 0 spiro atoms. The Labute approximate surface area is 185 Å². The van der Waals surface area contributed by atoms with Gasteiger partial charge in [-0.3, -0.25) is 4.79 Å². The molecule has 0 radical (unpaired) electrons. The number of carboxylic acid groups (broad SMARTS) is 1. The van der Waals surface area contributed by atoms with Crippen molar-refractivity contribution in [2.75, 3.05) is 14.1 Å². The van der Waals surface area contributed by atoms with Gasteiger partial charge in [0.2, 0.25) is 11.8 Å². The Hall–Kier alpha value is -4.26. The van der Waals surface area contributed by atoms with Crippen LogP contribution in [0.25, 0.3) is 17.3 Å². The fourth-order valence-corrected chi connectivity index (χ4v) is 3.59. The van der Waals surface area contributed by atoms with E-state index >= 15 is 0 Å². The van der Waals surface area contributed by atoms with Gasteiger partial charge in [0.1, 0.15) is 0 Å². The Morgan fingerprint density at radius 2 is 1.62 bits per heavy atom. The number of carboxylic acids is 1. The number of fused-ring (bicyclic) bond motifs is 2. The van der Waals surface area contributed by atoms with Crippen LogP contribution in [0.4, 0.5) is 0 Å².